The summed E-state index contributed by atoms with van der Waals surface area (Å²) in [6.07, 6.45) is 7.23. The van der Waals surface area contributed by atoms with Crippen molar-refractivity contribution in [2.75, 3.05) is 33.4 Å². The molecule has 0 bridgehead atoms. The number of aromatic nitrogens is 1. The molecule has 2 fully saturated rings. The van der Waals surface area contributed by atoms with Gasteiger partial charge in [-0.2, -0.15) is 0 Å². The number of hydrogen-bond acceptors (Lipinski definition) is 4. The third kappa shape index (κ3) is 4.79. The monoisotopic (exact) mass is 345 g/mol. The van der Waals surface area contributed by atoms with E-state index in [1.807, 2.05) is 24.2 Å². The van der Waals surface area contributed by atoms with Gasteiger partial charge in [0.25, 0.3) is 0 Å². The maximum absolute atomic E-state index is 12.9. The fraction of sp³-hybridized carbons (Fsp3) is 0.700. The second-order valence-corrected chi connectivity index (χ2v) is 7.38. The Labute approximate surface area is 151 Å². The Morgan fingerprint density at radius 2 is 2.12 bits per heavy atom. The molecule has 2 aliphatic heterocycles. The lowest BCUT2D eigenvalue weighted by Gasteiger charge is -2.40. The zero-order chi connectivity index (χ0) is 17.6. The predicted molar refractivity (Wildman–Crippen MR) is 98.2 cm³/mol. The Balaban J connectivity index is 1.55. The number of aryl methyl sites for hydroxylation is 1. The number of amides is 1. The van der Waals surface area contributed by atoms with Crippen molar-refractivity contribution in [3.05, 3.63) is 29.6 Å². The van der Waals surface area contributed by atoms with Gasteiger partial charge in [-0.3, -0.25) is 14.7 Å². The first kappa shape index (κ1) is 18.3. The number of likely N-dealkylation sites (tertiary alicyclic amines) is 1. The van der Waals surface area contributed by atoms with Crippen molar-refractivity contribution in [1.82, 2.24) is 14.8 Å². The smallest absolute Gasteiger partial charge is 0.227 e. The molecule has 138 valence electrons. The van der Waals surface area contributed by atoms with E-state index in [1.165, 1.54) is 5.56 Å². The number of hydrogen-bond donors (Lipinski definition) is 0. The van der Waals surface area contributed by atoms with E-state index in [1.54, 1.807) is 0 Å². The van der Waals surface area contributed by atoms with Crippen LogP contribution in [-0.4, -0.2) is 60.1 Å². The maximum Gasteiger partial charge on any atom is 0.227 e. The van der Waals surface area contributed by atoms with Gasteiger partial charge in [-0.05, 0) is 50.3 Å². The Kier molecular flexibility index (Phi) is 6.43. The molecule has 0 radical (unpaired) electrons. The van der Waals surface area contributed by atoms with Gasteiger partial charge in [0.2, 0.25) is 5.91 Å². The zero-order valence-electron chi connectivity index (χ0n) is 15.6. The topological polar surface area (TPSA) is 45.7 Å². The largest absolute Gasteiger partial charge is 0.381 e. The molecule has 5 nitrogen and oxygen atoms in total. The van der Waals surface area contributed by atoms with Crippen LogP contribution in [-0.2, 0) is 22.5 Å². The Morgan fingerprint density at radius 1 is 1.32 bits per heavy atom. The van der Waals surface area contributed by atoms with Gasteiger partial charge in [0.05, 0.1) is 18.2 Å². The molecular formula is C20H31N3O2. The normalized spacial score (nSPS) is 22.7. The molecule has 1 amide bonds. The second-order valence-electron chi connectivity index (χ2n) is 7.38. The molecule has 3 rings (SSSR count). The summed E-state index contributed by atoms with van der Waals surface area (Å²) in [5.41, 5.74) is 2.20. The number of rotatable bonds is 5. The number of piperidine rings is 1. The Morgan fingerprint density at radius 3 is 2.80 bits per heavy atom. The van der Waals surface area contributed by atoms with Crippen molar-refractivity contribution in [2.24, 2.45) is 5.92 Å². The molecule has 0 spiro atoms. The average Bonchev–Trinajstić information content (AvgIpc) is 2.68. The van der Waals surface area contributed by atoms with E-state index in [-0.39, 0.29) is 11.8 Å². The van der Waals surface area contributed by atoms with Crippen LogP contribution in [0.4, 0.5) is 0 Å². The molecule has 1 atom stereocenters. The van der Waals surface area contributed by atoms with Gasteiger partial charge in [0.15, 0.2) is 0 Å². The predicted octanol–water partition coefficient (Wildman–Crippen LogP) is 2.49. The fourth-order valence-electron chi connectivity index (χ4n) is 3.98. The highest BCUT2D eigenvalue weighted by atomic mass is 16.5. The third-order valence-corrected chi connectivity index (χ3v) is 5.58. The molecule has 25 heavy (non-hydrogen) atoms. The van der Waals surface area contributed by atoms with Crippen LogP contribution >= 0.6 is 0 Å². The summed E-state index contributed by atoms with van der Waals surface area (Å²) in [6.45, 7) is 6.46. The van der Waals surface area contributed by atoms with Crippen LogP contribution in [0, 0.1) is 5.92 Å². The zero-order valence-corrected chi connectivity index (χ0v) is 15.6. The lowest BCUT2D eigenvalue weighted by Crippen LogP contribution is -2.48. The van der Waals surface area contributed by atoms with E-state index in [9.17, 15) is 4.79 Å². The van der Waals surface area contributed by atoms with Crippen molar-refractivity contribution in [3.8, 4) is 0 Å². The van der Waals surface area contributed by atoms with Crippen LogP contribution in [0.5, 0.6) is 0 Å². The molecule has 1 unspecified atom stereocenters. The molecule has 3 heterocycles. The highest BCUT2D eigenvalue weighted by Crippen LogP contribution is 2.24. The average molecular weight is 345 g/mol. The molecule has 0 N–H and O–H groups in total. The Bertz CT molecular complexity index is 555. The minimum absolute atomic E-state index is 0.122. The summed E-state index contributed by atoms with van der Waals surface area (Å²) in [5, 5.41) is 0. The molecule has 0 aromatic carbocycles. The lowest BCUT2D eigenvalue weighted by atomic mass is 9.93. The molecule has 0 saturated carbocycles. The van der Waals surface area contributed by atoms with E-state index in [0.29, 0.717) is 12.6 Å². The van der Waals surface area contributed by atoms with E-state index >= 15 is 0 Å². The molecule has 1 aromatic heterocycles. The molecule has 0 aliphatic carbocycles. The standard InChI is InChI=1S/C20H31N3O2/c1-3-16-6-7-18(21-13-16)15-22(2)20(24)17-5-4-10-23(14-17)19-8-11-25-12-9-19/h6-7,13,17,19H,3-5,8-12,14-15H2,1-2H3. The summed E-state index contributed by atoms with van der Waals surface area (Å²) in [4.78, 5) is 21.8. The first-order valence-corrected chi connectivity index (χ1v) is 9.68. The molecule has 1 aromatic rings. The second kappa shape index (κ2) is 8.77. The highest BCUT2D eigenvalue weighted by Gasteiger charge is 2.31. The van der Waals surface area contributed by atoms with E-state index < -0.39 is 0 Å². The van der Waals surface area contributed by atoms with E-state index in [4.69, 9.17) is 4.74 Å². The summed E-state index contributed by atoms with van der Waals surface area (Å²) < 4.78 is 5.48. The summed E-state index contributed by atoms with van der Waals surface area (Å²) >= 11 is 0. The first-order valence-electron chi connectivity index (χ1n) is 9.68. The summed E-state index contributed by atoms with van der Waals surface area (Å²) in [6, 6.07) is 4.74. The number of nitrogens with zero attached hydrogens (tertiary/aromatic N) is 3. The van der Waals surface area contributed by atoms with Gasteiger partial charge in [-0.1, -0.05) is 13.0 Å². The summed E-state index contributed by atoms with van der Waals surface area (Å²) in [7, 11) is 1.91. The minimum Gasteiger partial charge on any atom is -0.381 e. The van der Waals surface area contributed by atoms with Crippen molar-refractivity contribution >= 4 is 5.91 Å². The SMILES string of the molecule is CCc1ccc(CN(C)C(=O)C2CCCN(C3CCOCC3)C2)nc1. The van der Waals surface area contributed by atoms with Gasteiger partial charge >= 0.3 is 0 Å². The third-order valence-electron chi connectivity index (χ3n) is 5.58. The molecular weight excluding hydrogens is 314 g/mol. The number of carbonyl (C=O) groups excluding carboxylic acids is 1. The van der Waals surface area contributed by atoms with Crippen molar-refractivity contribution in [3.63, 3.8) is 0 Å². The quantitative estimate of drug-likeness (QED) is 0.822. The van der Waals surface area contributed by atoms with Crippen LogP contribution in [0.15, 0.2) is 18.3 Å². The number of pyridine rings is 1. The van der Waals surface area contributed by atoms with Gasteiger partial charge in [0.1, 0.15) is 0 Å². The lowest BCUT2D eigenvalue weighted by molar-refractivity contribution is -0.137. The number of carbonyl (C=O) groups is 1. The van der Waals surface area contributed by atoms with Gasteiger partial charge < -0.3 is 9.64 Å². The van der Waals surface area contributed by atoms with Crippen molar-refractivity contribution < 1.29 is 9.53 Å². The van der Waals surface area contributed by atoms with Crippen molar-refractivity contribution in [1.29, 1.82) is 0 Å². The van der Waals surface area contributed by atoms with Gasteiger partial charge in [-0.15, -0.1) is 0 Å². The molecule has 5 heteroatoms. The van der Waals surface area contributed by atoms with Crippen LogP contribution < -0.4 is 0 Å². The van der Waals surface area contributed by atoms with Crippen LogP contribution in [0.3, 0.4) is 0 Å². The molecule has 2 saturated heterocycles. The Hall–Kier alpha value is -1.46. The van der Waals surface area contributed by atoms with Crippen LogP contribution in [0.25, 0.3) is 0 Å². The molecule has 2 aliphatic rings. The highest BCUT2D eigenvalue weighted by molar-refractivity contribution is 5.78. The van der Waals surface area contributed by atoms with Crippen molar-refractivity contribution in [2.45, 2.75) is 51.6 Å². The van der Waals surface area contributed by atoms with Gasteiger partial charge in [0, 0.05) is 39.0 Å². The maximum atomic E-state index is 12.9. The fourth-order valence-corrected chi connectivity index (χ4v) is 3.98. The first-order chi connectivity index (χ1) is 12.2. The number of ether oxygens (including phenoxy) is 1. The van der Waals surface area contributed by atoms with E-state index in [0.717, 1.165) is 64.1 Å². The van der Waals surface area contributed by atoms with E-state index in [2.05, 4.69) is 22.9 Å². The van der Waals surface area contributed by atoms with Crippen LogP contribution in [0.2, 0.25) is 0 Å². The van der Waals surface area contributed by atoms with Crippen LogP contribution in [0.1, 0.15) is 43.9 Å². The van der Waals surface area contributed by atoms with Gasteiger partial charge in [-0.25, -0.2) is 0 Å². The summed E-state index contributed by atoms with van der Waals surface area (Å²) in [5.74, 6) is 0.384. The minimum atomic E-state index is 0.122.